The number of rotatable bonds is 5. The second-order valence-corrected chi connectivity index (χ2v) is 6.60. The number of para-hydroxylation sites is 2. The number of hydrogen-bond donors (Lipinski definition) is 3. The monoisotopic (exact) mass is 365 g/mol. The number of H-pyrrole nitrogens is 1. The molecule has 140 valence electrons. The maximum atomic E-state index is 12.4. The van der Waals surface area contributed by atoms with Crippen LogP contribution in [0.1, 0.15) is 16.1 Å². The molecule has 0 spiro atoms. The van der Waals surface area contributed by atoms with E-state index >= 15 is 0 Å². The second kappa shape index (κ2) is 7.51. The molecule has 0 aliphatic heterocycles. The Morgan fingerprint density at radius 1 is 1.11 bits per heavy atom. The summed E-state index contributed by atoms with van der Waals surface area (Å²) in [6.07, 6.45) is 0. The van der Waals surface area contributed by atoms with E-state index in [2.05, 4.69) is 9.88 Å². The fourth-order valence-electron chi connectivity index (χ4n) is 2.81. The van der Waals surface area contributed by atoms with Gasteiger partial charge in [0.1, 0.15) is 11.4 Å². The molecule has 0 saturated carbocycles. The first-order chi connectivity index (χ1) is 12.9. The van der Waals surface area contributed by atoms with Crippen LogP contribution in [0.3, 0.4) is 0 Å². The number of nitrogens with one attached hydrogen (secondary N) is 2. The van der Waals surface area contributed by atoms with Crippen LogP contribution in [-0.2, 0) is 6.54 Å². The highest BCUT2D eigenvalue weighted by Crippen LogP contribution is 2.32. The van der Waals surface area contributed by atoms with Crippen LogP contribution >= 0.6 is 0 Å². The molecular weight excluding hydrogens is 342 g/mol. The van der Waals surface area contributed by atoms with Gasteiger partial charge < -0.3 is 20.4 Å². The van der Waals surface area contributed by atoms with Gasteiger partial charge in [-0.1, -0.05) is 30.3 Å². The normalized spacial score (nSPS) is 11.0. The van der Waals surface area contributed by atoms with Gasteiger partial charge in [0.25, 0.3) is 5.91 Å². The summed E-state index contributed by atoms with van der Waals surface area (Å²) in [5, 5.41) is 8.27. The van der Waals surface area contributed by atoms with Crippen molar-refractivity contribution in [2.75, 3.05) is 21.1 Å². The van der Waals surface area contributed by atoms with Gasteiger partial charge in [-0.15, -0.1) is 0 Å². The van der Waals surface area contributed by atoms with Crippen LogP contribution in [0, 0.1) is 5.41 Å². The average Bonchev–Trinajstić information content (AvgIpc) is 3.07. The van der Waals surface area contributed by atoms with Crippen molar-refractivity contribution in [1.82, 2.24) is 14.8 Å². The van der Waals surface area contributed by atoms with Crippen LogP contribution in [-0.4, -0.2) is 47.8 Å². The highest BCUT2D eigenvalue weighted by molar-refractivity contribution is 6.06. The minimum Gasteiger partial charge on any atom is -0.455 e. The van der Waals surface area contributed by atoms with E-state index in [-0.39, 0.29) is 11.9 Å². The zero-order valence-corrected chi connectivity index (χ0v) is 15.6. The summed E-state index contributed by atoms with van der Waals surface area (Å²) in [5.41, 5.74) is 7.54. The molecule has 7 heteroatoms. The van der Waals surface area contributed by atoms with Crippen molar-refractivity contribution in [1.29, 1.82) is 5.41 Å². The third kappa shape index (κ3) is 3.93. The smallest absolute Gasteiger partial charge is 0.276 e. The van der Waals surface area contributed by atoms with Crippen molar-refractivity contribution >= 4 is 22.8 Å². The van der Waals surface area contributed by atoms with E-state index in [0.717, 1.165) is 33.7 Å². The summed E-state index contributed by atoms with van der Waals surface area (Å²) in [7, 11) is 5.48. The number of aromatic nitrogens is 1. The minimum absolute atomic E-state index is 0.312. The van der Waals surface area contributed by atoms with Gasteiger partial charge >= 0.3 is 0 Å². The van der Waals surface area contributed by atoms with E-state index in [9.17, 15) is 4.79 Å². The molecule has 1 heterocycles. The van der Waals surface area contributed by atoms with Gasteiger partial charge in [-0.25, -0.2) is 0 Å². The lowest BCUT2D eigenvalue weighted by Gasteiger charge is -2.15. The molecule has 7 nitrogen and oxygen atoms in total. The Labute approximate surface area is 157 Å². The number of benzene rings is 2. The molecule has 0 fully saturated rings. The number of nitrogens with zero attached hydrogens (tertiary/aromatic N) is 2. The lowest BCUT2D eigenvalue weighted by atomic mass is 10.2. The standard InChI is InChI=1S/C20H23N5O2/c1-24(2)12-14-7-4-5-9-16(14)27-17-10-6-8-13-11-15(23-18(13)17)19(26)25(3)20(21)22/h4-11,23H,12H2,1-3H3,(H3,21,22). The van der Waals surface area contributed by atoms with Gasteiger partial charge in [-0.2, -0.15) is 0 Å². The summed E-state index contributed by atoms with van der Waals surface area (Å²) in [6, 6.07) is 15.2. The molecule has 0 aliphatic carbocycles. The van der Waals surface area contributed by atoms with E-state index in [1.54, 1.807) is 6.07 Å². The molecule has 0 unspecified atom stereocenters. The maximum absolute atomic E-state index is 12.4. The predicted molar refractivity (Wildman–Crippen MR) is 106 cm³/mol. The van der Waals surface area contributed by atoms with Crippen LogP contribution in [0.2, 0.25) is 0 Å². The first-order valence-electron chi connectivity index (χ1n) is 8.51. The molecule has 0 atom stereocenters. The lowest BCUT2D eigenvalue weighted by molar-refractivity contribution is 0.0864. The number of fused-ring (bicyclic) bond motifs is 1. The Kier molecular flexibility index (Phi) is 5.14. The van der Waals surface area contributed by atoms with E-state index in [0.29, 0.717) is 11.4 Å². The molecule has 0 radical (unpaired) electrons. The third-order valence-electron chi connectivity index (χ3n) is 4.19. The van der Waals surface area contributed by atoms with E-state index in [1.807, 2.05) is 56.6 Å². The fraction of sp³-hybridized carbons (Fsp3) is 0.200. The maximum Gasteiger partial charge on any atom is 0.276 e. The van der Waals surface area contributed by atoms with Crippen molar-refractivity contribution in [3.63, 3.8) is 0 Å². The summed E-state index contributed by atoms with van der Waals surface area (Å²) in [4.78, 5) is 18.7. The molecule has 2 aromatic carbocycles. The van der Waals surface area contributed by atoms with Crippen molar-refractivity contribution < 1.29 is 9.53 Å². The van der Waals surface area contributed by atoms with Crippen molar-refractivity contribution in [2.24, 2.45) is 5.73 Å². The first-order valence-corrected chi connectivity index (χ1v) is 8.51. The highest BCUT2D eigenvalue weighted by atomic mass is 16.5. The molecular formula is C20H23N5O2. The number of amides is 1. The van der Waals surface area contributed by atoms with Gasteiger partial charge in [-0.3, -0.25) is 15.1 Å². The predicted octanol–water partition coefficient (Wildman–Crippen LogP) is 2.99. The van der Waals surface area contributed by atoms with Gasteiger partial charge in [-0.05, 0) is 32.3 Å². The zero-order valence-electron chi connectivity index (χ0n) is 15.6. The largest absolute Gasteiger partial charge is 0.455 e. The molecule has 3 aromatic rings. The Balaban J connectivity index is 1.97. The Hall–Kier alpha value is -3.32. The number of guanidine groups is 1. The molecule has 0 bridgehead atoms. The van der Waals surface area contributed by atoms with E-state index in [4.69, 9.17) is 15.9 Å². The molecule has 1 amide bonds. The number of aromatic amines is 1. The van der Waals surface area contributed by atoms with Gasteiger partial charge in [0.2, 0.25) is 0 Å². The molecule has 4 N–H and O–H groups in total. The van der Waals surface area contributed by atoms with Gasteiger partial charge in [0.05, 0.1) is 5.52 Å². The fourth-order valence-corrected chi connectivity index (χ4v) is 2.81. The van der Waals surface area contributed by atoms with Crippen LogP contribution in [0.25, 0.3) is 10.9 Å². The molecule has 27 heavy (non-hydrogen) atoms. The Morgan fingerprint density at radius 3 is 2.52 bits per heavy atom. The zero-order chi connectivity index (χ0) is 19.6. The van der Waals surface area contributed by atoms with Gasteiger partial charge in [0, 0.05) is 24.5 Å². The van der Waals surface area contributed by atoms with Crippen LogP contribution in [0.4, 0.5) is 0 Å². The van der Waals surface area contributed by atoms with E-state index in [1.165, 1.54) is 7.05 Å². The number of hydrogen-bond acceptors (Lipinski definition) is 4. The number of carbonyl (C=O) groups excluding carboxylic acids is 1. The Bertz CT molecular complexity index is 993. The van der Waals surface area contributed by atoms with Crippen molar-refractivity contribution in [3.8, 4) is 11.5 Å². The van der Waals surface area contributed by atoms with Gasteiger partial charge in [0.15, 0.2) is 11.7 Å². The first kappa shape index (κ1) is 18.5. The molecule has 1 aromatic heterocycles. The quantitative estimate of drug-likeness (QED) is 0.478. The lowest BCUT2D eigenvalue weighted by Crippen LogP contribution is -2.38. The number of ether oxygens (including phenoxy) is 1. The Morgan fingerprint density at radius 2 is 1.81 bits per heavy atom. The number of carbonyl (C=O) groups is 1. The SMILES string of the molecule is CN(C)Cc1ccccc1Oc1cccc2cc(C(=O)N(C)C(=N)N)[nH]c12. The number of nitrogens with two attached hydrogens (primary N) is 1. The average molecular weight is 365 g/mol. The van der Waals surface area contributed by atoms with E-state index < -0.39 is 0 Å². The summed E-state index contributed by atoms with van der Waals surface area (Å²) in [5.74, 6) is 0.704. The van der Waals surface area contributed by atoms with Crippen LogP contribution in [0.5, 0.6) is 11.5 Å². The van der Waals surface area contributed by atoms with Crippen LogP contribution < -0.4 is 10.5 Å². The summed E-state index contributed by atoms with van der Waals surface area (Å²) < 4.78 is 6.17. The second-order valence-electron chi connectivity index (χ2n) is 6.60. The van der Waals surface area contributed by atoms with Crippen LogP contribution in [0.15, 0.2) is 48.5 Å². The highest BCUT2D eigenvalue weighted by Gasteiger charge is 2.18. The molecule has 3 rings (SSSR count). The topological polar surface area (TPSA) is 98.4 Å². The van der Waals surface area contributed by atoms with Crippen molar-refractivity contribution in [2.45, 2.75) is 6.54 Å². The third-order valence-corrected chi connectivity index (χ3v) is 4.19. The molecule has 0 aliphatic rings. The van der Waals surface area contributed by atoms with Crippen molar-refractivity contribution in [3.05, 3.63) is 59.8 Å². The summed E-state index contributed by atoms with van der Waals surface area (Å²) >= 11 is 0. The molecule has 0 saturated heterocycles. The minimum atomic E-state index is -0.377. The summed E-state index contributed by atoms with van der Waals surface area (Å²) in [6.45, 7) is 0.754.